The average Bonchev–Trinajstić information content (AvgIpc) is 2.25. The van der Waals surface area contributed by atoms with Crippen molar-refractivity contribution in [2.45, 2.75) is 26.2 Å². The molecule has 0 aliphatic heterocycles. The van der Waals surface area contributed by atoms with Gasteiger partial charge in [0.05, 0.1) is 0 Å². The van der Waals surface area contributed by atoms with Crippen LogP contribution in [0.25, 0.3) is 5.57 Å². The second kappa shape index (κ2) is 6.05. The van der Waals surface area contributed by atoms with Crippen LogP contribution in [-0.4, -0.2) is 0 Å². The summed E-state index contributed by atoms with van der Waals surface area (Å²) in [5, 5.41) is 0. The molecule has 0 atom stereocenters. The van der Waals surface area contributed by atoms with Gasteiger partial charge >= 0.3 is 0 Å². The van der Waals surface area contributed by atoms with Crippen molar-refractivity contribution in [2.24, 2.45) is 0 Å². The molecule has 0 bridgehead atoms. The molecule has 0 saturated heterocycles. The topological polar surface area (TPSA) is 0 Å². The van der Waals surface area contributed by atoms with Crippen molar-refractivity contribution in [3.63, 3.8) is 0 Å². The zero-order valence-electron chi connectivity index (χ0n) is 8.72. The molecule has 0 spiro atoms. The summed E-state index contributed by atoms with van der Waals surface area (Å²) >= 11 is 0. The third kappa shape index (κ3) is 3.49. The summed E-state index contributed by atoms with van der Waals surface area (Å²) in [5.41, 5.74) is 2.04. The zero-order chi connectivity index (χ0) is 10.2. The molecule has 0 heterocycles. The maximum absolute atomic E-state index is 3.95. The minimum Gasteiger partial charge on any atom is -0.0979 e. The first-order valence-corrected chi connectivity index (χ1v) is 5.07. The molecule has 0 fully saturated rings. The molecule has 0 heteroatoms. The fourth-order valence-corrected chi connectivity index (χ4v) is 1.15. The number of unbranched alkanes of at least 4 members (excludes halogenated alkanes) is 2. The van der Waals surface area contributed by atoms with Crippen LogP contribution in [-0.2, 0) is 0 Å². The molecule has 0 aliphatic carbocycles. The molecule has 0 N–H and O–H groups in total. The average molecular weight is 184 g/mol. The Kier molecular flexibility index (Phi) is 4.58. The van der Waals surface area contributed by atoms with E-state index in [-0.39, 0.29) is 0 Å². The van der Waals surface area contributed by atoms with Crippen LogP contribution in [0.1, 0.15) is 31.7 Å². The Morgan fingerprint density at radius 2 is 2.00 bits per heavy atom. The minimum absolute atomic E-state index is 0.918. The van der Waals surface area contributed by atoms with E-state index in [9.17, 15) is 0 Å². The molecule has 0 nitrogen and oxygen atoms in total. The van der Waals surface area contributed by atoms with E-state index in [2.05, 4.69) is 25.3 Å². The predicted octanol–water partition coefficient (Wildman–Crippen LogP) is 3.89. The van der Waals surface area contributed by atoms with Crippen LogP contribution in [0, 0.1) is 11.8 Å². The van der Waals surface area contributed by atoms with Crippen molar-refractivity contribution < 1.29 is 0 Å². The highest BCUT2D eigenvalue weighted by Crippen LogP contribution is 2.09. The number of benzene rings is 1. The van der Waals surface area contributed by atoms with Gasteiger partial charge in [-0.1, -0.05) is 62.1 Å². The van der Waals surface area contributed by atoms with Crippen molar-refractivity contribution in [3.8, 4) is 11.8 Å². The Morgan fingerprint density at radius 1 is 1.29 bits per heavy atom. The van der Waals surface area contributed by atoms with Crippen LogP contribution < -0.4 is 0 Å². The van der Waals surface area contributed by atoms with E-state index in [1.807, 2.05) is 30.3 Å². The van der Waals surface area contributed by atoms with Crippen molar-refractivity contribution >= 4 is 5.57 Å². The molecule has 0 radical (unpaired) electrons. The minimum atomic E-state index is 0.918. The summed E-state index contributed by atoms with van der Waals surface area (Å²) in [7, 11) is 0. The van der Waals surface area contributed by atoms with Gasteiger partial charge in [-0.2, -0.15) is 0 Å². The van der Waals surface area contributed by atoms with Gasteiger partial charge in [0.15, 0.2) is 0 Å². The fourth-order valence-electron chi connectivity index (χ4n) is 1.15. The molecule has 72 valence electrons. The second-order valence-electron chi connectivity index (χ2n) is 3.25. The smallest absolute Gasteiger partial charge is 0.0245 e. The SMILES string of the molecule is C=C(C#CCCCC)c1ccccc1. The molecular formula is C14H16. The third-order valence-electron chi connectivity index (χ3n) is 2.02. The normalized spacial score (nSPS) is 8.93. The van der Waals surface area contributed by atoms with Crippen molar-refractivity contribution in [3.05, 3.63) is 42.5 Å². The molecule has 1 aromatic carbocycles. The zero-order valence-corrected chi connectivity index (χ0v) is 8.72. The number of hydrogen-bond donors (Lipinski definition) is 0. The lowest BCUT2D eigenvalue weighted by Crippen LogP contribution is -1.77. The molecule has 0 aliphatic rings. The van der Waals surface area contributed by atoms with Crippen LogP contribution in [0.5, 0.6) is 0 Å². The Labute approximate surface area is 86.7 Å². The van der Waals surface area contributed by atoms with Crippen molar-refractivity contribution in [2.75, 3.05) is 0 Å². The summed E-state index contributed by atoms with van der Waals surface area (Å²) in [4.78, 5) is 0. The molecule has 0 unspecified atom stereocenters. The van der Waals surface area contributed by atoms with E-state index in [0.717, 1.165) is 17.6 Å². The van der Waals surface area contributed by atoms with Crippen LogP contribution >= 0.6 is 0 Å². The van der Waals surface area contributed by atoms with Gasteiger partial charge < -0.3 is 0 Å². The summed E-state index contributed by atoms with van der Waals surface area (Å²) in [6.45, 7) is 6.12. The van der Waals surface area contributed by atoms with E-state index < -0.39 is 0 Å². The Hall–Kier alpha value is -1.48. The van der Waals surface area contributed by atoms with Crippen LogP contribution in [0.3, 0.4) is 0 Å². The van der Waals surface area contributed by atoms with Crippen LogP contribution in [0.2, 0.25) is 0 Å². The largest absolute Gasteiger partial charge is 0.0979 e. The van der Waals surface area contributed by atoms with Gasteiger partial charge in [-0.05, 0) is 12.0 Å². The third-order valence-corrected chi connectivity index (χ3v) is 2.02. The first-order valence-electron chi connectivity index (χ1n) is 5.07. The van der Waals surface area contributed by atoms with Gasteiger partial charge in [0, 0.05) is 12.0 Å². The Morgan fingerprint density at radius 3 is 2.64 bits per heavy atom. The lowest BCUT2D eigenvalue weighted by atomic mass is 10.1. The highest BCUT2D eigenvalue weighted by atomic mass is 13.9. The van der Waals surface area contributed by atoms with Crippen LogP contribution in [0.15, 0.2) is 36.9 Å². The first-order chi connectivity index (χ1) is 6.84. The second-order valence-corrected chi connectivity index (χ2v) is 3.25. The van der Waals surface area contributed by atoms with Gasteiger partial charge in [-0.25, -0.2) is 0 Å². The van der Waals surface area contributed by atoms with E-state index in [0.29, 0.717) is 0 Å². The van der Waals surface area contributed by atoms with Gasteiger partial charge in [0.2, 0.25) is 0 Å². The predicted molar refractivity (Wildman–Crippen MR) is 62.8 cm³/mol. The molecule has 1 rings (SSSR count). The molecule has 0 saturated carbocycles. The van der Waals surface area contributed by atoms with E-state index in [4.69, 9.17) is 0 Å². The van der Waals surface area contributed by atoms with Crippen LogP contribution in [0.4, 0.5) is 0 Å². The molecule has 0 aromatic heterocycles. The first kappa shape index (κ1) is 10.6. The van der Waals surface area contributed by atoms with E-state index in [1.165, 1.54) is 12.8 Å². The quantitative estimate of drug-likeness (QED) is 0.494. The van der Waals surface area contributed by atoms with Gasteiger partial charge in [0.25, 0.3) is 0 Å². The Balaban J connectivity index is 2.53. The van der Waals surface area contributed by atoms with Crippen molar-refractivity contribution in [1.29, 1.82) is 0 Å². The lowest BCUT2D eigenvalue weighted by molar-refractivity contribution is 0.828. The van der Waals surface area contributed by atoms with Gasteiger partial charge in [-0.15, -0.1) is 0 Å². The molecule has 0 amide bonds. The van der Waals surface area contributed by atoms with E-state index >= 15 is 0 Å². The summed E-state index contributed by atoms with van der Waals surface area (Å²) in [6, 6.07) is 10.1. The van der Waals surface area contributed by atoms with Gasteiger partial charge in [-0.3, -0.25) is 0 Å². The standard InChI is InChI=1S/C14H16/c1-3-4-5-7-10-13(2)14-11-8-6-9-12-14/h6,8-9,11-12H,2-5H2,1H3. The molecule has 1 aromatic rings. The fraction of sp³-hybridized carbons (Fsp3) is 0.286. The number of rotatable bonds is 3. The summed E-state index contributed by atoms with van der Waals surface area (Å²) in [5.74, 6) is 6.22. The highest BCUT2D eigenvalue weighted by Gasteiger charge is 1.91. The number of hydrogen-bond acceptors (Lipinski definition) is 0. The number of allylic oxidation sites excluding steroid dienone is 1. The molecular weight excluding hydrogens is 168 g/mol. The van der Waals surface area contributed by atoms with Gasteiger partial charge in [0.1, 0.15) is 0 Å². The maximum Gasteiger partial charge on any atom is 0.0245 e. The lowest BCUT2D eigenvalue weighted by Gasteiger charge is -1.95. The van der Waals surface area contributed by atoms with E-state index in [1.54, 1.807) is 0 Å². The van der Waals surface area contributed by atoms with Crippen molar-refractivity contribution in [1.82, 2.24) is 0 Å². The maximum atomic E-state index is 3.95. The molecule has 14 heavy (non-hydrogen) atoms. The Bertz CT molecular complexity index is 335. The monoisotopic (exact) mass is 184 g/mol. The highest BCUT2D eigenvalue weighted by molar-refractivity contribution is 5.76. The summed E-state index contributed by atoms with van der Waals surface area (Å²) < 4.78 is 0. The summed E-state index contributed by atoms with van der Waals surface area (Å²) in [6.07, 6.45) is 3.35.